The van der Waals surface area contributed by atoms with Crippen molar-refractivity contribution in [3.63, 3.8) is 0 Å². The van der Waals surface area contributed by atoms with Gasteiger partial charge in [-0.2, -0.15) is 0 Å². The first kappa shape index (κ1) is 16.0. The maximum absolute atomic E-state index is 11.5. The summed E-state index contributed by atoms with van der Waals surface area (Å²) in [6, 6.07) is 3.83. The Balaban J connectivity index is 2.33. The van der Waals surface area contributed by atoms with E-state index in [1.165, 1.54) is 0 Å². The van der Waals surface area contributed by atoms with Crippen molar-refractivity contribution < 1.29 is 9.53 Å². The van der Waals surface area contributed by atoms with Crippen LogP contribution in [0.25, 0.3) is 0 Å². The fourth-order valence-electron chi connectivity index (χ4n) is 1.50. The van der Waals surface area contributed by atoms with E-state index in [4.69, 9.17) is 4.74 Å². The van der Waals surface area contributed by atoms with Crippen LogP contribution in [0, 0.1) is 5.92 Å². The number of rotatable bonds is 9. The minimum Gasteiger partial charge on any atom is -0.476 e. The smallest absolute Gasteiger partial charge is 0.213 e. The van der Waals surface area contributed by atoms with Crippen LogP contribution in [-0.4, -0.2) is 30.2 Å². The molecule has 0 radical (unpaired) electrons. The largest absolute Gasteiger partial charge is 0.476 e. The highest BCUT2D eigenvalue weighted by Gasteiger charge is 2.07. The summed E-state index contributed by atoms with van der Waals surface area (Å²) in [5, 5.41) is 0. The van der Waals surface area contributed by atoms with Crippen molar-refractivity contribution in [2.75, 3.05) is 19.4 Å². The zero-order valence-corrected chi connectivity index (χ0v) is 12.6. The molecular formula is C14H22N2O2S. The third-order valence-corrected chi connectivity index (χ3v) is 3.19. The molecular weight excluding hydrogens is 260 g/mol. The highest BCUT2D eigenvalue weighted by atomic mass is 32.2. The fraction of sp³-hybridized carbons (Fsp3) is 0.571. The molecule has 0 saturated heterocycles. The van der Waals surface area contributed by atoms with Gasteiger partial charge in [0.2, 0.25) is 5.88 Å². The van der Waals surface area contributed by atoms with Crippen LogP contribution in [0.1, 0.15) is 25.8 Å². The van der Waals surface area contributed by atoms with Gasteiger partial charge in [0.1, 0.15) is 12.4 Å². The van der Waals surface area contributed by atoms with Crippen LogP contribution in [0.15, 0.2) is 18.3 Å². The Kier molecular flexibility index (Phi) is 7.52. The molecule has 0 aliphatic heterocycles. The Morgan fingerprint density at radius 3 is 2.84 bits per heavy atom. The van der Waals surface area contributed by atoms with E-state index in [-0.39, 0.29) is 5.92 Å². The normalized spacial score (nSPS) is 10.7. The fourth-order valence-corrected chi connectivity index (χ4v) is 1.79. The van der Waals surface area contributed by atoms with E-state index < -0.39 is 0 Å². The van der Waals surface area contributed by atoms with Gasteiger partial charge >= 0.3 is 0 Å². The van der Waals surface area contributed by atoms with Crippen LogP contribution in [-0.2, 0) is 11.2 Å². The number of hydrogen-bond acceptors (Lipinski definition) is 5. The lowest BCUT2D eigenvalue weighted by Crippen LogP contribution is -2.14. The summed E-state index contributed by atoms with van der Waals surface area (Å²) >= 11 is 1.57. The van der Waals surface area contributed by atoms with Gasteiger partial charge in [0, 0.05) is 31.1 Å². The van der Waals surface area contributed by atoms with E-state index in [0.717, 1.165) is 18.5 Å². The summed E-state index contributed by atoms with van der Waals surface area (Å²) in [5.41, 5.74) is 1.07. The Bertz CT molecular complexity index is 380. The maximum atomic E-state index is 11.5. The molecule has 1 N–H and O–H groups in total. The Morgan fingerprint density at radius 2 is 2.26 bits per heavy atom. The van der Waals surface area contributed by atoms with Crippen LogP contribution in [0.2, 0.25) is 0 Å². The van der Waals surface area contributed by atoms with Gasteiger partial charge in [0.25, 0.3) is 0 Å². The van der Waals surface area contributed by atoms with E-state index in [9.17, 15) is 4.79 Å². The molecule has 0 aliphatic carbocycles. The Hall–Kier alpha value is -1.07. The number of hydrogen-bond donors (Lipinski definition) is 1. The number of nitrogens with one attached hydrogen (secondary N) is 1. The number of pyridine rings is 1. The lowest BCUT2D eigenvalue weighted by Gasteiger charge is -2.07. The molecule has 0 amide bonds. The van der Waals surface area contributed by atoms with Crippen molar-refractivity contribution >= 4 is 17.7 Å². The number of ether oxygens (including phenoxy) is 1. The average molecular weight is 282 g/mol. The molecule has 0 aromatic carbocycles. The molecule has 1 heterocycles. The first-order chi connectivity index (χ1) is 9.13. The highest BCUT2D eigenvalue weighted by Crippen LogP contribution is 2.10. The van der Waals surface area contributed by atoms with Gasteiger partial charge in [0.05, 0.1) is 0 Å². The summed E-state index contributed by atoms with van der Waals surface area (Å²) in [7, 11) is 0. The van der Waals surface area contributed by atoms with Crippen molar-refractivity contribution in [2.45, 2.75) is 26.7 Å². The molecule has 0 saturated carbocycles. The minimum atomic E-state index is 0.111. The van der Waals surface area contributed by atoms with E-state index in [1.807, 2.05) is 32.2 Å². The number of carbonyl (C=O) groups is 1. The zero-order chi connectivity index (χ0) is 14.1. The summed E-state index contributed by atoms with van der Waals surface area (Å²) in [6.45, 7) is 5.24. The summed E-state index contributed by atoms with van der Waals surface area (Å²) in [5.74, 6) is 1.03. The molecule has 1 aromatic rings. The zero-order valence-electron chi connectivity index (χ0n) is 11.8. The minimum absolute atomic E-state index is 0.111. The standard InChI is InChI=1S/C14H22N2O2S/c1-11(2)13(17)6-4-12-5-7-14(15-10-12)18-9-8-16-19-3/h5,7,10-11,16H,4,6,8-9H2,1-3H3. The van der Waals surface area contributed by atoms with Gasteiger partial charge in [-0.05, 0) is 18.2 Å². The van der Waals surface area contributed by atoms with Gasteiger partial charge in [-0.1, -0.05) is 31.9 Å². The van der Waals surface area contributed by atoms with Crippen LogP contribution in [0.4, 0.5) is 0 Å². The van der Waals surface area contributed by atoms with Crippen molar-refractivity contribution in [3.05, 3.63) is 23.9 Å². The maximum Gasteiger partial charge on any atom is 0.213 e. The third kappa shape index (κ3) is 6.59. The van der Waals surface area contributed by atoms with E-state index in [0.29, 0.717) is 24.7 Å². The number of aromatic nitrogens is 1. The van der Waals surface area contributed by atoms with Gasteiger partial charge in [0.15, 0.2) is 0 Å². The molecule has 4 nitrogen and oxygen atoms in total. The molecule has 1 rings (SSSR count). The quantitative estimate of drug-likeness (QED) is 0.557. The molecule has 0 spiro atoms. The molecule has 5 heteroatoms. The Morgan fingerprint density at radius 1 is 1.47 bits per heavy atom. The molecule has 0 unspecified atom stereocenters. The molecule has 0 bridgehead atoms. The molecule has 0 aliphatic rings. The average Bonchev–Trinajstić information content (AvgIpc) is 2.42. The van der Waals surface area contributed by atoms with Crippen molar-refractivity contribution in [1.29, 1.82) is 0 Å². The predicted molar refractivity (Wildman–Crippen MR) is 79.4 cm³/mol. The van der Waals surface area contributed by atoms with Crippen LogP contribution in [0.5, 0.6) is 5.88 Å². The topological polar surface area (TPSA) is 51.2 Å². The first-order valence-electron chi connectivity index (χ1n) is 6.49. The van der Waals surface area contributed by atoms with Gasteiger partial charge in [-0.25, -0.2) is 4.98 Å². The summed E-state index contributed by atoms with van der Waals surface area (Å²) in [4.78, 5) is 15.8. The molecule has 106 valence electrons. The second-order valence-corrected chi connectivity index (χ2v) is 5.27. The monoisotopic (exact) mass is 282 g/mol. The van der Waals surface area contributed by atoms with E-state index in [1.54, 1.807) is 18.1 Å². The SMILES string of the molecule is CSNCCOc1ccc(CCC(=O)C(C)C)cn1. The number of Topliss-reactive ketones (excluding diaryl/α,β-unsaturated/α-hetero) is 1. The van der Waals surface area contributed by atoms with Crippen molar-refractivity contribution in [1.82, 2.24) is 9.71 Å². The van der Waals surface area contributed by atoms with Crippen LogP contribution < -0.4 is 9.46 Å². The number of ketones is 1. The Labute approximate surface area is 119 Å². The highest BCUT2D eigenvalue weighted by molar-refractivity contribution is 7.96. The first-order valence-corrected chi connectivity index (χ1v) is 7.72. The van der Waals surface area contributed by atoms with Gasteiger partial charge in [-0.15, -0.1) is 0 Å². The van der Waals surface area contributed by atoms with Crippen molar-refractivity contribution in [2.24, 2.45) is 5.92 Å². The molecule has 0 atom stereocenters. The van der Waals surface area contributed by atoms with Gasteiger partial charge < -0.3 is 4.74 Å². The second-order valence-electron chi connectivity index (χ2n) is 4.57. The third-order valence-electron chi connectivity index (χ3n) is 2.70. The van der Waals surface area contributed by atoms with E-state index in [2.05, 4.69) is 9.71 Å². The predicted octanol–water partition coefficient (Wildman–Crippen LogP) is 2.49. The lowest BCUT2D eigenvalue weighted by molar-refractivity contribution is -0.121. The number of aryl methyl sites for hydroxylation is 1. The number of nitrogens with zero attached hydrogens (tertiary/aromatic N) is 1. The summed E-state index contributed by atoms with van der Waals surface area (Å²) < 4.78 is 8.57. The lowest BCUT2D eigenvalue weighted by atomic mass is 10.0. The van der Waals surface area contributed by atoms with E-state index >= 15 is 0 Å². The van der Waals surface area contributed by atoms with Crippen LogP contribution >= 0.6 is 11.9 Å². The molecule has 19 heavy (non-hydrogen) atoms. The van der Waals surface area contributed by atoms with Crippen LogP contribution in [0.3, 0.4) is 0 Å². The molecule has 1 aromatic heterocycles. The summed E-state index contributed by atoms with van der Waals surface area (Å²) in [6.07, 6.45) is 5.09. The second kappa shape index (κ2) is 8.93. The molecule has 0 fully saturated rings. The van der Waals surface area contributed by atoms with Gasteiger partial charge in [-0.3, -0.25) is 9.52 Å². The van der Waals surface area contributed by atoms with Crippen molar-refractivity contribution in [3.8, 4) is 5.88 Å². The number of carbonyl (C=O) groups excluding carboxylic acids is 1.